The van der Waals surface area contributed by atoms with Crippen molar-refractivity contribution < 1.29 is 9.90 Å². The summed E-state index contributed by atoms with van der Waals surface area (Å²) in [4.78, 5) is 10.3. The first kappa shape index (κ1) is 20.7. The maximum absolute atomic E-state index is 10.3. The molecule has 0 amide bonds. The van der Waals surface area contributed by atoms with Gasteiger partial charge >= 0.3 is 5.97 Å². The van der Waals surface area contributed by atoms with Crippen LogP contribution in [0.1, 0.15) is 84.0 Å². The van der Waals surface area contributed by atoms with Gasteiger partial charge in [-0.3, -0.25) is 0 Å². The van der Waals surface area contributed by atoms with Gasteiger partial charge in [0.2, 0.25) is 0 Å². The van der Waals surface area contributed by atoms with Crippen LogP contribution < -0.4 is 0 Å². The molecule has 0 spiro atoms. The molecule has 0 unspecified atom stereocenters. The van der Waals surface area contributed by atoms with Gasteiger partial charge in [0.1, 0.15) is 0 Å². The first-order chi connectivity index (χ1) is 10.8. The number of carboxylic acids is 1. The van der Waals surface area contributed by atoms with Crippen LogP contribution in [-0.4, -0.2) is 11.1 Å². The monoisotopic (exact) mass is 306 g/mol. The van der Waals surface area contributed by atoms with Gasteiger partial charge in [-0.15, -0.1) is 0 Å². The summed E-state index contributed by atoms with van der Waals surface area (Å²) in [6.07, 6.45) is 26.6. The minimum absolute atomic E-state index is 0.844. The maximum Gasteiger partial charge on any atom is 0.327 e. The average molecular weight is 306 g/mol. The first-order valence-electron chi connectivity index (χ1n) is 8.98. The second kappa shape index (κ2) is 17.7. The Hall–Kier alpha value is -1.31. The summed E-state index contributed by atoms with van der Waals surface area (Å²) in [6, 6.07) is 0. The van der Waals surface area contributed by atoms with E-state index in [2.05, 4.69) is 31.2 Å². The van der Waals surface area contributed by atoms with Gasteiger partial charge in [0.05, 0.1) is 0 Å². The fourth-order valence-electron chi connectivity index (χ4n) is 2.28. The maximum atomic E-state index is 10.3. The van der Waals surface area contributed by atoms with Crippen molar-refractivity contribution in [3.8, 4) is 0 Å². The van der Waals surface area contributed by atoms with E-state index in [0.717, 1.165) is 12.8 Å². The van der Waals surface area contributed by atoms with E-state index < -0.39 is 5.97 Å². The zero-order valence-electron chi connectivity index (χ0n) is 14.3. The Morgan fingerprint density at radius 1 is 0.727 bits per heavy atom. The summed E-state index contributed by atoms with van der Waals surface area (Å²) in [6.45, 7) is 2.24. The number of carboxylic acid groups (broad SMARTS) is 1. The Balaban J connectivity index is 3.21. The number of hydrogen-bond donors (Lipinski definition) is 1. The SMILES string of the molecule is CCCCC/C=C/C=C/CCCCCCCC/C=C/C(=O)O. The fourth-order valence-corrected chi connectivity index (χ4v) is 2.28. The van der Waals surface area contributed by atoms with Crippen LogP contribution in [0.15, 0.2) is 36.5 Å². The minimum Gasteiger partial charge on any atom is -0.478 e. The quantitative estimate of drug-likeness (QED) is 0.215. The molecule has 0 atom stereocenters. The van der Waals surface area contributed by atoms with Gasteiger partial charge in [0, 0.05) is 6.08 Å². The Morgan fingerprint density at radius 2 is 1.18 bits per heavy atom. The molecule has 0 bridgehead atoms. The van der Waals surface area contributed by atoms with Crippen molar-refractivity contribution in [1.29, 1.82) is 0 Å². The van der Waals surface area contributed by atoms with Crippen LogP contribution in [0.25, 0.3) is 0 Å². The highest BCUT2D eigenvalue weighted by atomic mass is 16.4. The molecule has 2 nitrogen and oxygen atoms in total. The van der Waals surface area contributed by atoms with Crippen molar-refractivity contribution >= 4 is 5.97 Å². The molecule has 0 rings (SSSR count). The van der Waals surface area contributed by atoms with E-state index in [1.54, 1.807) is 6.08 Å². The first-order valence-corrected chi connectivity index (χ1v) is 8.98. The highest BCUT2D eigenvalue weighted by Gasteiger charge is 1.90. The third-order valence-corrected chi connectivity index (χ3v) is 3.61. The molecule has 0 aliphatic rings. The van der Waals surface area contributed by atoms with Gasteiger partial charge in [-0.2, -0.15) is 0 Å². The smallest absolute Gasteiger partial charge is 0.327 e. The molecule has 0 aromatic rings. The van der Waals surface area contributed by atoms with E-state index in [1.165, 1.54) is 70.3 Å². The van der Waals surface area contributed by atoms with Gasteiger partial charge in [0.25, 0.3) is 0 Å². The van der Waals surface area contributed by atoms with Crippen LogP contribution >= 0.6 is 0 Å². The Morgan fingerprint density at radius 3 is 1.68 bits per heavy atom. The number of carbonyl (C=O) groups is 1. The summed E-state index contributed by atoms with van der Waals surface area (Å²) in [5, 5.41) is 8.44. The number of allylic oxidation sites excluding steroid dienone is 5. The Kier molecular flexibility index (Phi) is 16.7. The molecule has 0 radical (unpaired) electrons. The molecule has 22 heavy (non-hydrogen) atoms. The zero-order valence-corrected chi connectivity index (χ0v) is 14.3. The van der Waals surface area contributed by atoms with Gasteiger partial charge in [-0.05, 0) is 38.5 Å². The molecule has 2 heteroatoms. The van der Waals surface area contributed by atoms with E-state index in [4.69, 9.17) is 5.11 Å². The highest BCUT2D eigenvalue weighted by molar-refractivity contribution is 5.79. The van der Waals surface area contributed by atoms with Crippen LogP contribution in [0.2, 0.25) is 0 Å². The summed E-state index contributed by atoms with van der Waals surface area (Å²) in [7, 11) is 0. The van der Waals surface area contributed by atoms with E-state index in [9.17, 15) is 4.79 Å². The van der Waals surface area contributed by atoms with Crippen LogP contribution in [0.3, 0.4) is 0 Å². The van der Waals surface area contributed by atoms with Crippen molar-refractivity contribution in [3.63, 3.8) is 0 Å². The van der Waals surface area contributed by atoms with Crippen molar-refractivity contribution in [2.24, 2.45) is 0 Å². The summed E-state index contributed by atoms with van der Waals surface area (Å²) < 4.78 is 0. The second-order valence-electron chi connectivity index (χ2n) is 5.79. The van der Waals surface area contributed by atoms with E-state index in [-0.39, 0.29) is 0 Å². The molecule has 0 aliphatic heterocycles. The second-order valence-corrected chi connectivity index (χ2v) is 5.79. The fraction of sp³-hybridized carbons (Fsp3) is 0.650. The predicted molar refractivity (Wildman–Crippen MR) is 96.1 cm³/mol. The third-order valence-electron chi connectivity index (χ3n) is 3.61. The van der Waals surface area contributed by atoms with Crippen LogP contribution in [0, 0.1) is 0 Å². The molecule has 0 saturated heterocycles. The molecule has 0 heterocycles. The predicted octanol–water partition coefficient (Wildman–Crippen LogP) is 6.44. The lowest BCUT2D eigenvalue weighted by Crippen LogP contribution is -1.85. The van der Waals surface area contributed by atoms with Crippen molar-refractivity contribution in [3.05, 3.63) is 36.5 Å². The van der Waals surface area contributed by atoms with E-state index >= 15 is 0 Å². The summed E-state index contributed by atoms with van der Waals surface area (Å²) in [5.41, 5.74) is 0. The van der Waals surface area contributed by atoms with Gasteiger partial charge in [-0.25, -0.2) is 4.79 Å². The Bertz CT molecular complexity index is 327. The van der Waals surface area contributed by atoms with Crippen LogP contribution in [-0.2, 0) is 4.79 Å². The minimum atomic E-state index is -0.844. The normalized spacial score (nSPS) is 12.0. The molecule has 0 saturated carbocycles. The number of rotatable bonds is 15. The number of unbranched alkanes of at least 4 members (excludes halogenated alkanes) is 10. The van der Waals surface area contributed by atoms with Gasteiger partial charge in [0.15, 0.2) is 0 Å². The molecule has 126 valence electrons. The van der Waals surface area contributed by atoms with E-state index in [0.29, 0.717) is 0 Å². The highest BCUT2D eigenvalue weighted by Crippen LogP contribution is 2.09. The average Bonchev–Trinajstić information content (AvgIpc) is 2.50. The molecule has 0 fully saturated rings. The van der Waals surface area contributed by atoms with Crippen LogP contribution in [0.5, 0.6) is 0 Å². The molecular weight excluding hydrogens is 272 g/mol. The summed E-state index contributed by atoms with van der Waals surface area (Å²) >= 11 is 0. The summed E-state index contributed by atoms with van der Waals surface area (Å²) in [5.74, 6) is -0.844. The molecular formula is C20H34O2. The number of hydrogen-bond acceptors (Lipinski definition) is 1. The van der Waals surface area contributed by atoms with E-state index in [1.807, 2.05) is 0 Å². The molecule has 0 aromatic carbocycles. The van der Waals surface area contributed by atoms with Gasteiger partial charge in [-0.1, -0.05) is 75.8 Å². The zero-order chi connectivity index (χ0) is 16.3. The number of aliphatic carboxylic acids is 1. The standard InChI is InChI=1S/C20H34O2/c1-2-3-4-5-6-7-8-9-10-11-12-13-14-15-16-17-18-19-20(21)22/h6-9,18-19H,2-5,10-17H2,1H3,(H,21,22)/b7-6+,9-8+,19-18+. The van der Waals surface area contributed by atoms with Crippen molar-refractivity contribution in [2.45, 2.75) is 84.0 Å². The lowest BCUT2D eigenvalue weighted by atomic mass is 10.1. The molecule has 0 aromatic heterocycles. The lowest BCUT2D eigenvalue weighted by molar-refractivity contribution is -0.131. The largest absolute Gasteiger partial charge is 0.478 e. The van der Waals surface area contributed by atoms with Crippen molar-refractivity contribution in [2.75, 3.05) is 0 Å². The third kappa shape index (κ3) is 18.7. The lowest BCUT2D eigenvalue weighted by Gasteiger charge is -1.99. The molecule has 0 aliphatic carbocycles. The van der Waals surface area contributed by atoms with Crippen molar-refractivity contribution in [1.82, 2.24) is 0 Å². The van der Waals surface area contributed by atoms with Gasteiger partial charge < -0.3 is 5.11 Å². The Labute approximate surface area is 137 Å². The van der Waals surface area contributed by atoms with Crippen LogP contribution in [0.4, 0.5) is 0 Å². The topological polar surface area (TPSA) is 37.3 Å². The molecule has 1 N–H and O–H groups in total.